The summed E-state index contributed by atoms with van der Waals surface area (Å²) in [5, 5.41) is 23.3. The van der Waals surface area contributed by atoms with Crippen molar-refractivity contribution < 1.29 is 19.7 Å². The molecule has 1 amide bonds. The molecule has 3 saturated heterocycles. The first-order chi connectivity index (χ1) is 16.5. The second-order valence-electron chi connectivity index (χ2n) is 11.3. The van der Waals surface area contributed by atoms with Crippen molar-refractivity contribution in [3.63, 3.8) is 0 Å². The van der Waals surface area contributed by atoms with Gasteiger partial charge in [0.15, 0.2) is 0 Å². The van der Waals surface area contributed by atoms with Gasteiger partial charge in [-0.1, -0.05) is 12.1 Å². The van der Waals surface area contributed by atoms with Crippen molar-refractivity contribution in [3.8, 4) is 11.5 Å². The summed E-state index contributed by atoms with van der Waals surface area (Å²) in [5.41, 5.74) is 2.68. The number of nitrogens with one attached hydrogen (secondary N) is 1. The molecule has 3 N–H and O–H groups in total. The lowest BCUT2D eigenvalue weighted by atomic mass is 9.52. The Morgan fingerprint density at radius 1 is 1.09 bits per heavy atom. The number of phenolic OH excluding ortho intramolecular Hbond substituents is 2. The van der Waals surface area contributed by atoms with E-state index in [1.165, 1.54) is 30.0 Å². The molecule has 7 rings (SSSR count). The molecule has 0 aromatic heterocycles. The Balaban J connectivity index is 1.25. The topological polar surface area (TPSA) is 82.0 Å². The van der Waals surface area contributed by atoms with Crippen LogP contribution in [0.3, 0.4) is 0 Å². The van der Waals surface area contributed by atoms with Crippen molar-refractivity contribution in [2.24, 2.45) is 11.8 Å². The maximum absolute atomic E-state index is 13.0. The van der Waals surface area contributed by atoms with Gasteiger partial charge in [-0.2, -0.15) is 0 Å². The minimum absolute atomic E-state index is 0.0243. The van der Waals surface area contributed by atoms with Crippen molar-refractivity contribution in [1.82, 2.24) is 10.2 Å². The van der Waals surface area contributed by atoms with Crippen LogP contribution in [-0.4, -0.2) is 57.9 Å². The predicted octanol–water partition coefficient (Wildman–Crippen LogP) is 3.57. The third kappa shape index (κ3) is 2.91. The van der Waals surface area contributed by atoms with Crippen LogP contribution in [0.1, 0.15) is 59.5 Å². The van der Waals surface area contributed by atoms with Gasteiger partial charge in [0, 0.05) is 24.6 Å². The molecule has 34 heavy (non-hydrogen) atoms. The number of benzene rings is 2. The standard InChI is InChI=1S/C28H32N2O4/c31-20-3-1-2-18(12-20)26(33)29-16-27-10-8-24(34-27)28-14-19-6-7-21(32)13-23(19)22(25(27)28)9-11-30(28)15-17-4-5-17/h1-3,6-7,12-13,17,22,24-25,31-32H,4-5,8-11,14-16H2,(H,29,33)/t22?,24?,25?,27-,28?/m0/s1. The first-order valence-corrected chi connectivity index (χ1v) is 12.8. The largest absolute Gasteiger partial charge is 0.508 e. The predicted molar refractivity (Wildman–Crippen MR) is 127 cm³/mol. The highest BCUT2D eigenvalue weighted by atomic mass is 16.5. The van der Waals surface area contributed by atoms with E-state index in [9.17, 15) is 15.0 Å². The van der Waals surface area contributed by atoms with Crippen LogP contribution in [-0.2, 0) is 11.2 Å². The van der Waals surface area contributed by atoms with E-state index in [2.05, 4.69) is 16.3 Å². The van der Waals surface area contributed by atoms with Crippen molar-refractivity contribution >= 4 is 5.91 Å². The maximum Gasteiger partial charge on any atom is 0.251 e. The van der Waals surface area contributed by atoms with E-state index in [-0.39, 0.29) is 23.3 Å². The van der Waals surface area contributed by atoms with Crippen molar-refractivity contribution in [1.29, 1.82) is 0 Å². The summed E-state index contributed by atoms with van der Waals surface area (Å²) >= 11 is 0. The Morgan fingerprint density at radius 2 is 1.94 bits per heavy atom. The lowest BCUT2D eigenvalue weighted by molar-refractivity contribution is -0.0545. The average molecular weight is 461 g/mol. The molecule has 0 radical (unpaired) electrons. The number of amides is 1. The van der Waals surface area contributed by atoms with Crippen LogP contribution in [0.15, 0.2) is 42.5 Å². The molecule has 1 saturated carbocycles. The Morgan fingerprint density at radius 3 is 2.76 bits per heavy atom. The molecule has 4 unspecified atom stereocenters. The first-order valence-electron chi connectivity index (χ1n) is 12.8. The molecular weight excluding hydrogens is 428 g/mol. The summed E-state index contributed by atoms with van der Waals surface area (Å²) in [6.07, 6.45) is 6.85. The summed E-state index contributed by atoms with van der Waals surface area (Å²) in [5.74, 6) is 1.69. The van der Waals surface area contributed by atoms with E-state index >= 15 is 0 Å². The van der Waals surface area contributed by atoms with Gasteiger partial charge in [-0.25, -0.2) is 0 Å². The van der Waals surface area contributed by atoms with E-state index in [0.717, 1.165) is 44.7 Å². The number of carbonyl (C=O) groups is 1. The van der Waals surface area contributed by atoms with Crippen molar-refractivity contribution in [3.05, 3.63) is 59.2 Å². The molecular formula is C28H32N2O4. The lowest BCUT2D eigenvalue weighted by Gasteiger charge is -2.60. The second-order valence-corrected chi connectivity index (χ2v) is 11.3. The third-order valence-corrected chi connectivity index (χ3v) is 9.41. The van der Waals surface area contributed by atoms with Gasteiger partial charge in [0.25, 0.3) is 5.91 Å². The Labute approximate surface area is 199 Å². The fourth-order valence-corrected chi connectivity index (χ4v) is 7.95. The number of aromatic hydroxyl groups is 2. The van der Waals surface area contributed by atoms with Gasteiger partial charge in [-0.3, -0.25) is 9.69 Å². The zero-order valence-corrected chi connectivity index (χ0v) is 19.4. The molecule has 4 bridgehead atoms. The highest BCUT2D eigenvalue weighted by Crippen LogP contribution is 2.66. The van der Waals surface area contributed by atoms with Crippen molar-refractivity contribution in [2.45, 2.75) is 61.7 Å². The first kappa shape index (κ1) is 20.8. The van der Waals surface area contributed by atoms with Gasteiger partial charge in [-0.15, -0.1) is 0 Å². The van der Waals surface area contributed by atoms with Gasteiger partial charge < -0.3 is 20.3 Å². The van der Waals surface area contributed by atoms with Gasteiger partial charge >= 0.3 is 0 Å². The highest BCUT2D eigenvalue weighted by Gasteiger charge is 2.73. The van der Waals surface area contributed by atoms with Gasteiger partial charge in [0.05, 0.1) is 17.2 Å². The number of piperidine rings is 1. The summed E-state index contributed by atoms with van der Waals surface area (Å²) < 4.78 is 6.95. The number of fused-ring (bicyclic) bond motifs is 4. The number of phenols is 2. The lowest BCUT2D eigenvalue weighted by Crippen LogP contribution is -2.70. The zero-order chi connectivity index (χ0) is 23.1. The van der Waals surface area contributed by atoms with E-state index in [0.29, 0.717) is 29.7 Å². The van der Waals surface area contributed by atoms with Crippen LogP contribution in [0.5, 0.6) is 11.5 Å². The molecule has 3 aliphatic heterocycles. The minimum atomic E-state index is -0.396. The summed E-state index contributed by atoms with van der Waals surface area (Å²) in [6.45, 7) is 2.72. The van der Waals surface area contributed by atoms with Crippen LogP contribution >= 0.6 is 0 Å². The normalized spacial score (nSPS) is 35.6. The SMILES string of the molecule is O=C(NC[C@]12CCC(O1)C13Cc4ccc(O)cc4C(CCN1CC1CC1)C32)c1cccc(O)c1. The van der Waals surface area contributed by atoms with E-state index in [4.69, 9.17) is 4.74 Å². The summed E-state index contributed by atoms with van der Waals surface area (Å²) in [6, 6.07) is 12.4. The fourth-order valence-electron chi connectivity index (χ4n) is 7.95. The monoisotopic (exact) mass is 460 g/mol. The Kier molecular flexibility index (Phi) is 4.41. The van der Waals surface area contributed by atoms with Crippen LogP contribution in [0.2, 0.25) is 0 Å². The van der Waals surface area contributed by atoms with E-state index in [1.807, 2.05) is 12.1 Å². The Hall–Kier alpha value is -2.57. The van der Waals surface area contributed by atoms with Gasteiger partial charge in [-0.05, 0) is 98.4 Å². The highest BCUT2D eigenvalue weighted by molar-refractivity contribution is 5.94. The molecule has 5 aliphatic rings. The molecule has 2 aromatic rings. The number of likely N-dealkylation sites (tertiary alicyclic amines) is 1. The molecule has 6 nitrogen and oxygen atoms in total. The second kappa shape index (κ2) is 7.22. The van der Waals surface area contributed by atoms with Crippen LogP contribution in [0, 0.1) is 11.8 Å². The maximum atomic E-state index is 13.0. The van der Waals surface area contributed by atoms with Crippen LogP contribution < -0.4 is 5.32 Å². The van der Waals surface area contributed by atoms with Crippen molar-refractivity contribution in [2.75, 3.05) is 19.6 Å². The molecule has 5 atom stereocenters. The smallest absolute Gasteiger partial charge is 0.251 e. The molecule has 6 heteroatoms. The number of nitrogens with zero attached hydrogens (tertiary/aromatic N) is 1. The van der Waals surface area contributed by atoms with Crippen LogP contribution in [0.4, 0.5) is 0 Å². The molecule has 178 valence electrons. The number of carbonyl (C=O) groups excluding carboxylic acids is 1. The molecule has 2 aliphatic carbocycles. The number of rotatable bonds is 5. The van der Waals surface area contributed by atoms with Gasteiger partial charge in [0.2, 0.25) is 0 Å². The molecule has 4 fully saturated rings. The quantitative estimate of drug-likeness (QED) is 0.636. The average Bonchev–Trinajstić information content (AvgIpc) is 3.47. The molecule has 2 aromatic carbocycles. The van der Waals surface area contributed by atoms with Crippen LogP contribution in [0.25, 0.3) is 0 Å². The zero-order valence-electron chi connectivity index (χ0n) is 19.4. The number of hydrogen-bond acceptors (Lipinski definition) is 5. The summed E-state index contributed by atoms with van der Waals surface area (Å²) in [7, 11) is 0. The Bertz CT molecular complexity index is 1160. The van der Waals surface area contributed by atoms with E-state index < -0.39 is 5.60 Å². The molecule has 3 heterocycles. The number of ether oxygens (including phenoxy) is 1. The number of hydrogen-bond donors (Lipinski definition) is 3. The fraction of sp³-hybridized carbons (Fsp3) is 0.536. The minimum Gasteiger partial charge on any atom is -0.508 e. The van der Waals surface area contributed by atoms with E-state index in [1.54, 1.807) is 18.2 Å². The summed E-state index contributed by atoms with van der Waals surface area (Å²) in [4.78, 5) is 15.7. The molecule has 0 spiro atoms. The van der Waals surface area contributed by atoms with Gasteiger partial charge in [0.1, 0.15) is 11.5 Å². The third-order valence-electron chi connectivity index (χ3n) is 9.41.